The van der Waals surface area contributed by atoms with Gasteiger partial charge in [-0.2, -0.15) is 0 Å². The summed E-state index contributed by atoms with van der Waals surface area (Å²) in [5.74, 6) is -0.410. The molecule has 0 aliphatic heterocycles. The van der Waals surface area contributed by atoms with Crippen molar-refractivity contribution in [2.75, 3.05) is 11.9 Å². The minimum absolute atomic E-state index is 0.0936. The number of nitrogens with one attached hydrogen (secondary N) is 1. The molecule has 0 fully saturated rings. The highest BCUT2D eigenvalue weighted by Crippen LogP contribution is 2.36. The Labute approximate surface area is 124 Å². The molecule has 2 aromatic carbocycles. The molecule has 0 saturated heterocycles. The fourth-order valence-electron chi connectivity index (χ4n) is 1.97. The van der Waals surface area contributed by atoms with Crippen LogP contribution in [0.3, 0.4) is 0 Å². The Kier molecular flexibility index (Phi) is 3.55. The molecule has 0 atom stereocenters. The lowest BCUT2D eigenvalue weighted by Gasteiger charge is -2.06. The number of rotatable bonds is 3. The average Bonchev–Trinajstić information content (AvgIpc) is 2.92. The number of hydrogen-bond donors (Lipinski definition) is 3. The fraction of sp³-hybridized carbons (Fsp3) is 0.0667. The van der Waals surface area contributed by atoms with Gasteiger partial charge in [-0.25, -0.2) is 4.98 Å². The van der Waals surface area contributed by atoms with Crippen LogP contribution in [-0.2, 0) is 4.79 Å². The number of aromatic nitrogens is 1. The lowest BCUT2D eigenvalue weighted by molar-refractivity contribution is -0.118. The quantitative estimate of drug-likeness (QED) is 0.649. The lowest BCUT2D eigenvalue weighted by atomic mass is 10.2. The van der Waals surface area contributed by atoms with Gasteiger partial charge in [-0.1, -0.05) is 12.1 Å². The van der Waals surface area contributed by atoms with Crippen LogP contribution in [0, 0.1) is 0 Å². The van der Waals surface area contributed by atoms with Gasteiger partial charge >= 0.3 is 0 Å². The number of fused-ring (bicyclic) bond motifs is 1. The molecule has 1 aromatic heterocycles. The Bertz CT molecular complexity index is 781. The number of carbonyl (C=O) groups excluding carboxylic acids is 1. The molecule has 106 valence electrons. The van der Waals surface area contributed by atoms with Crippen molar-refractivity contribution < 1.29 is 15.0 Å². The van der Waals surface area contributed by atoms with Crippen LogP contribution in [0.4, 0.5) is 5.69 Å². The van der Waals surface area contributed by atoms with Crippen LogP contribution in [-0.4, -0.2) is 27.7 Å². The van der Waals surface area contributed by atoms with Crippen molar-refractivity contribution in [1.82, 2.24) is 4.98 Å². The van der Waals surface area contributed by atoms with Crippen LogP contribution in [0.1, 0.15) is 0 Å². The SMILES string of the molecule is O=C(CO)Nc1ccc(O)c(-c2nc3ccccc3s2)c1. The van der Waals surface area contributed by atoms with Crippen LogP contribution in [0.25, 0.3) is 20.8 Å². The standard InChI is InChI=1S/C15H12N2O3S/c18-8-14(20)16-9-5-6-12(19)10(7-9)15-17-11-3-1-2-4-13(11)21-15/h1-7,18-19H,8H2,(H,16,20). The van der Waals surface area contributed by atoms with Crippen LogP contribution in [0.2, 0.25) is 0 Å². The molecule has 0 aliphatic rings. The van der Waals surface area contributed by atoms with E-state index in [2.05, 4.69) is 10.3 Å². The maximum Gasteiger partial charge on any atom is 0.250 e. The molecule has 5 nitrogen and oxygen atoms in total. The zero-order chi connectivity index (χ0) is 14.8. The van der Waals surface area contributed by atoms with E-state index in [1.165, 1.54) is 17.4 Å². The highest BCUT2D eigenvalue weighted by molar-refractivity contribution is 7.21. The van der Waals surface area contributed by atoms with E-state index in [0.717, 1.165) is 10.2 Å². The normalized spacial score (nSPS) is 10.7. The minimum atomic E-state index is -0.586. The van der Waals surface area contributed by atoms with Crippen molar-refractivity contribution in [2.45, 2.75) is 0 Å². The van der Waals surface area contributed by atoms with Gasteiger partial charge in [-0.3, -0.25) is 4.79 Å². The molecule has 3 rings (SSSR count). The van der Waals surface area contributed by atoms with E-state index in [0.29, 0.717) is 16.3 Å². The summed E-state index contributed by atoms with van der Waals surface area (Å²) in [6, 6.07) is 12.4. The van der Waals surface area contributed by atoms with Gasteiger partial charge in [0.25, 0.3) is 0 Å². The Balaban J connectivity index is 2.04. The molecule has 0 aliphatic carbocycles. The number of nitrogens with zero attached hydrogens (tertiary/aromatic N) is 1. The molecule has 3 N–H and O–H groups in total. The molecule has 0 spiro atoms. The monoisotopic (exact) mass is 300 g/mol. The molecular weight excluding hydrogens is 288 g/mol. The maximum absolute atomic E-state index is 11.2. The van der Waals surface area contributed by atoms with Gasteiger partial charge < -0.3 is 15.5 Å². The summed E-state index contributed by atoms with van der Waals surface area (Å²) < 4.78 is 1.02. The van der Waals surface area contributed by atoms with E-state index >= 15 is 0 Å². The van der Waals surface area contributed by atoms with Gasteiger partial charge in [-0.15, -0.1) is 11.3 Å². The van der Waals surface area contributed by atoms with Gasteiger partial charge in [-0.05, 0) is 30.3 Å². The molecule has 3 aromatic rings. The summed E-state index contributed by atoms with van der Waals surface area (Å²) in [5.41, 5.74) is 1.91. The summed E-state index contributed by atoms with van der Waals surface area (Å²) in [6.45, 7) is -0.586. The predicted molar refractivity (Wildman–Crippen MR) is 82.4 cm³/mol. The smallest absolute Gasteiger partial charge is 0.250 e. The summed E-state index contributed by atoms with van der Waals surface area (Å²) in [6.07, 6.45) is 0. The molecule has 21 heavy (non-hydrogen) atoms. The number of hydrogen-bond acceptors (Lipinski definition) is 5. The Hall–Kier alpha value is -2.44. The van der Waals surface area contributed by atoms with Crippen LogP contribution < -0.4 is 5.32 Å². The first kappa shape index (κ1) is 13.5. The zero-order valence-corrected chi connectivity index (χ0v) is 11.7. The molecule has 0 saturated carbocycles. The second-order valence-corrected chi connectivity index (χ2v) is 5.46. The zero-order valence-electron chi connectivity index (χ0n) is 10.9. The van der Waals surface area contributed by atoms with Crippen LogP contribution in [0.15, 0.2) is 42.5 Å². The average molecular weight is 300 g/mol. The Morgan fingerprint density at radius 1 is 1.24 bits per heavy atom. The van der Waals surface area contributed by atoms with Crippen LogP contribution in [0.5, 0.6) is 5.75 Å². The van der Waals surface area contributed by atoms with Gasteiger partial charge in [0.15, 0.2) is 0 Å². The number of para-hydroxylation sites is 1. The van der Waals surface area contributed by atoms with E-state index in [9.17, 15) is 9.90 Å². The van der Waals surface area contributed by atoms with Crippen LogP contribution >= 0.6 is 11.3 Å². The number of thiazole rings is 1. The molecule has 0 radical (unpaired) electrons. The number of benzene rings is 2. The number of aliphatic hydroxyl groups excluding tert-OH is 1. The number of aliphatic hydroxyl groups is 1. The Morgan fingerprint density at radius 2 is 2.05 bits per heavy atom. The van der Waals surface area contributed by atoms with Crippen molar-refractivity contribution in [3.05, 3.63) is 42.5 Å². The van der Waals surface area contributed by atoms with Gasteiger partial charge in [0.2, 0.25) is 5.91 Å². The van der Waals surface area contributed by atoms with Gasteiger partial charge in [0, 0.05) is 5.69 Å². The molecule has 1 amide bonds. The highest BCUT2D eigenvalue weighted by atomic mass is 32.1. The lowest BCUT2D eigenvalue weighted by Crippen LogP contribution is -2.15. The largest absolute Gasteiger partial charge is 0.507 e. The van der Waals surface area contributed by atoms with E-state index in [-0.39, 0.29) is 5.75 Å². The van der Waals surface area contributed by atoms with Gasteiger partial charge in [0.05, 0.1) is 15.8 Å². The van der Waals surface area contributed by atoms with E-state index in [1.807, 2.05) is 24.3 Å². The molecule has 6 heteroatoms. The number of phenols is 1. The molecular formula is C15H12N2O3S. The van der Waals surface area contributed by atoms with E-state index < -0.39 is 12.5 Å². The first-order chi connectivity index (χ1) is 10.2. The van der Waals surface area contributed by atoms with E-state index in [4.69, 9.17) is 5.11 Å². The number of amides is 1. The molecule has 0 bridgehead atoms. The molecule has 1 heterocycles. The third-order valence-electron chi connectivity index (χ3n) is 2.95. The predicted octanol–water partition coefficient (Wildman–Crippen LogP) is 2.60. The fourth-order valence-corrected chi connectivity index (χ4v) is 2.96. The molecule has 0 unspecified atom stereocenters. The van der Waals surface area contributed by atoms with Crippen molar-refractivity contribution in [3.8, 4) is 16.3 Å². The van der Waals surface area contributed by atoms with Crippen molar-refractivity contribution in [3.63, 3.8) is 0 Å². The minimum Gasteiger partial charge on any atom is -0.507 e. The third kappa shape index (κ3) is 2.72. The second kappa shape index (κ2) is 5.51. The third-order valence-corrected chi connectivity index (χ3v) is 4.02. The van der Waals surface area contributed by atoms with Crippen molar-refractivity contribution in [2.24, 2.45) is 0 Å². The second-order valence-electron chi connectivity index (χ2n) is 4.42. The summed E-state index contributed by atoms with van der Waals surface area (Å²) in [4.78, 5) is 15.7. The highest BCUT2D eigenvalue weighted by Gasteiger charge is 2.12. The van der Waals surface area contributed by atoms with Crippen molar-refractivity contribution in [1.29, 1.82) is 0 Å². The van der Waals surface area contributed by atoms with E-state index in [1.54, 1.807) is 12.1 Å². The number of aromatic hydroxyl groups is 1. The van der Waals surface area contributed by atoms with Gasteiger partial charge in [0.1, 0.15) is 17.4 Å². The number of anilines is 1. The maximum atomic E-state index is 11.2. The Morgan fingerprint density at radius 3 is 2.81 bits per heavy atom. The topological polar surface area (TPSA) is 82.5 Å². The first-order valence-electron chi connectivity index (χ1n) is 6.27. The number of carbonyl (C=O) groups is 1. The first-order valence-corrected chi connectivity index (χ1v) is 7.08. The summed E-state index contributed by atoms with van der Waals surface area (Å²) in [7, 11) is 0. The summed E-state index contributed by atoms with van der Waals surface area (Å²) >= 11 is 1.46. The number of phenolic OH excluding ortho intramolecular Hbond substituents is 1. The summed E-state index contributed by atoms with van der Waals surface area (Å²) in [5, 5.41) is 22.0. The van der Waals surface area contributed by atoms with Crippen molar-refractivity contribution >= 4 is 33.1 Å².